The molecule has 0 fully saturated rings. The van der Waals surface area contributed by atoms with Crippen LogP contribution in [0.5, 0.6) is 11.5 Å². The predicted octanol–water partition coefficient (Wildman–Crippen LogP) is 4.90. The van der Waals surface area contributed by atoms with Gasteiger partial charge in [0.2, 0.25) is 0 Å². The lowest BCUT2D eigenvalue weighted by Crippen LogP contribution is -2.42. The van der Waals surface area contributed by atoms with Gasteiger partial charge >= 0.3 is 0 Å². The first-order chi connectivity index (χ1) is 12.3. The Balaban J connectivity index is 1.78. The minimum Gasteiger partial charge on any atom is -0.497 e. The Labute approximate surface area is 160 Å². The van der Waals surface area contributed by atoms with E-state index in [0.29, 0.717) is 5.11 Å². The van der Waals surface area contributed by atoms with E-state index in [1.54, 1.807) is 7.11 Å². The Bertz CT molecular complexity index is 833. The first-order valence-electron chi connectivity index (χ1n) is 8.79. The highest BCUT2D eigenvalue weighted by atomic mass is 32.1. The van der Waals surface area contributed by atoms with Crippen molar-refractivity contribution in [1.82, 2.24) is 5.32 Å². The Morgan fingerprint density at radius 3 is 2.62 bits per heavy atom. The van der Waals surface area contributed by atoms with Crippen molar-refractivity contribution in [3.63, 3.8) is 0 Å². The molecular formula is C21H26N2O2S. The number of anilines is 1. The first-order valence-corrected chi connectivity index (χ1v) is 9.20. The number of methoxy groups -OCH3 is 1. The van der Waals surface area contributed by atoms with Gasteiger partial charge in [-0.2, -0.15) is 0 Å². The van der Waals surface area contributed by atoms with E-state index in [0.717, 1.165) is 29.2 Å². The highest BCUT2D eigenvalue weighted by Gasteiger charge is 2.34. The molecule has 5 heteroatoms. The third kappa shape index (κ3) is 4.10. The summed E-state index contributed by atoms with van der Waals surface area (Å²) in [5.41, 5.74) is 4.31. The van der Waals surface area contributed by atoms with Crippen molar-refractivity contribution in [1.29, 1.82) is 0 Å². The van der Waals surface area contributed by atoms with Crippen LogP contribution in [0.25, 0.3) is 0 Å². The Morgan fingerprint density at radius 2 is 1.92 bits per heavy atom. The van der Waals surface area contributed by atoms with Crippen molar-refractivity contribution in [2.24, 2.45) is 0 Å². The molecule has 26 heavy (non-hydrogen) atoms. The normalized spacial score (nSPS) is 17.7. The van der Waals surface area contributed by atoms with Crippen LogP contribution in [0.15, 0.2) is 36.4 Å². The zero-order chi connectivity index (χ0) is 18.9. The molecule has 4 nitrogen and oxygen atoms in total. The number of benzene rings is 2. The quantitative estimate of drug-likeness (QED) is 0.752. The van der Waals surface area contributed by atoms with Crippen LogP contribution in [-0.2, 0) is 0 Å². The lowest BCUT2D eigenvalue weighted by atomic mass is 9.89. The van der Waals surface area contributed by atoms with Crippen LogP contribution in [0, 0.1) is 13.8 Å². The molecule has 0 aromatic heterocycles. The molecule has 0 spiro atoms. The minimum atomic E-state index is -0.285. The fraction of sp³-hybridized carbons (Fsp3) is 0.381. The van der Waals surface area contributed by atoms with Gasteiger partial charge < -0.3 is 20.1 Å². The SMILES string of the molecule is COc1ccc2c(c1)OC(C)(C)C[C@@H]2NC(=S)Nc1ccc(C)c(C)c1. The second-order valence-electron chi connectivity index (χ2n) is 7.42. The Kier molecular flexibility index (Phi) is 5.10. The summed E-state index contributed by atoms with van der Waals surface area (Å²) in [6.07, 6.45) is 0.821. The standard InChI is InChI=1S/C21H26N2O2S/c1-13-6-7-15(10-14(13)2)22-20(26)23-18-12-21(3,4)25-19-11-16(24-5)8-9-17(18)19/h6-11,18H,12H2,1-5H3,(H2,22,23,26)/t18-/m0/s1. The molecule has 0 unspecified atom stereocenters. The van der Waals surface area contributed by atoms with E-state index in [-0.39, 0.29) is 11.6 Å². The van der Waals surface area contributed by atoms with Gasteiger partial charge in [0, 0.05) is 23.7 Å². The Hall–Kier alpha value is -2.27. The molecule has 1 aliphatic heterocycles. The van der Waals surface area contributed by atoms with Crippen molar-refractivity contribution in [2.45, 2.75) is 45.8 Å². The van der Waals surface area contributed by atoms with E-state index < -0.39 is 0 Å². The number of hydrogen-bond donors (Lipinski definition) is 2. The van der Waals surface area contributed by atoms with E-state index in [4.69, 9.17) is 21.7 Å². The van der Waals surface area contributed by atoms with E-state index in [9.17, 15) is 0 Å². The number of thiocarbonyl (C=S) groups is 1. The van der Waals surface area contributed by atoms with Gasteiger partial charge in [0.25, 0.3) is 0 Å². The summed E-state index contributed by atoms with van der Waals surface area (Å²) in [6, 6.07) is 12.3. The van der Waals surface area contributed by atoms with Gasteiger partial charge in [0.1, 0.15) is 17.1 Å². The highest BCUT2D eigenvalue weighted by molar-refractivity contribution is 7.80. The molecule has 1 atom stereocenters. The van der Waals surface area contributed by atoms with Crippen LogP contribution in [0.4, 0.5) is 5.69 Å². The summed E-state index contributed by atoms with van der Waals surface area (Å²) in [7, 11) is 1.66. The molecule has 138 valence electrons. The molecule has 1 heterocycles. The molecule has 0 amide bonds. The second kappa shape index (κ2) is 7.16. The molecule has 3 rings (SSSR count). The summed E-state index contributed by atoms with van der Waals surface area (Å²) in [5, 5.41) is 7.35. The predicted molar refractivity (Wildman–Crippen MR) is 110 cm³/mol. The smallest absolute Gasteiger partial charge is 0.171 e. The van der Waals surface area contributed by atoms with Crippen molar-refractivity contribution >= 4 is 23.0 Å². The summed E-state index contributed by atoms with van der Waals surface area (Å²) in [4.78, 5) is 0. The van der Waals surface area contributed by atoms with E-state index in [2.05, 4.69) is 50.5 Å². The number of fused-ring (bicyclic) bond motifs is 1. The van der Waals surface area contributed by atoms with Crippen LogP contribution in [-0.4, -0.2) is 17.8 Å². The molecule has 2 N–H and O–H groups in total. The monoisotopic (exact) mass is 370 g/mol. The van der Waals surface area contributed by atoms with Gasteiger partial charge in [-0.25, -0.2) is 0 Å². The molecular weight excluding hydrogens is 344 g/mol. The number of hydrogen-bond acceptors (Lipinski definition) is 3. The van der Waals surface area contributed by atoms with Gasteiger partial charge in [-0.3, -0.25) is 0 Å². The molecule has 0 aliphatic carbocycles. The minimum absolute atomic E-state index is 0.0752. The third-order valence-electron chi connectivity index (χ3n) is 4.75. The van der Waals surface area contributed by atoms with Crippen LogP contribution < -0.4 is 20.1 Å². The average Bonchev–Trinajstić information content (AvgIpc) is 2.56. The fourth-order valence-corrected chi connectivity index (χ4v) is 3.49. The van der Waals surface area contributed by atoms with Crippen LogP contribution in [0.2, 0.25) is 0 Å². The maximum absolute atomic E-state index is 6.14. The van der Waals surface area contributed by atoms with Gasteiger partial charge in [0.05, 0.1) is 13.2 Å². The molecule has 0 saturated carbocycles. The second-order valence-corrected chi connectivity index (χ2v) is 7.83. The maximum atomic E-state index is 6.14. The van der Waals surface area contributed by atoms with Crippen molar-refractivity contribution in [3.8, 4) is 11.5 Å². The maximum Gasteiger partial charge on any atom is 0.171 e. The van der Waals surface area contributed by atoms with Gasteiger partial charge in [0.15, 0.2) is 5.11 Å². The summed E-state index contributed by atoms with van der Waals surface area (Å²) >= 11 is 5.56. The largest absolute Gasteiger partial charge is 0.497 e. The molecule has 0 bridgehead atoms. The fourth-order valence-electron chi connectivity index (χ4n) is 3.23. The average molecular weight is 371 g/mol. The summed E-state index contributed by atoms with van der Waals surface area (Å²) < 4.78 is 11.5. The zero-order valence-electron chi connectivity index (χ0n) is 16.0. The lowest BCUT2D eigenvalue weighted by molar-refractivity contribution is 0.0693. The summed E-state index contributed by atoms with van der Waals surface area (Å²) in [5.74, 6) is 1.63. The highest BCUT2D eigenvalue weighted by Crippen LogP contribution is 2.41. The third-order valence-corrected chi connectivity index (χ3v) is 4.97. The number of ether oxygens (including phenoxy) is 2. The van der Waals surface area contributed by atoms with Crippen molar-refractivity contribution in [3.05, 3.63) is 53.1 Å². The molecule has 0 radical (unpaired) electrons. The van der Waals surface area contributed by atoms with Crippen molar-refractivity contribution < 1.29 is 9.47 Å². The van der Waals surface area contributed by atoms with Crippen LogP contribution >= 0.6 is 12.2 Å². The molecule has 1 aliphatic rings. The van der Waals surface area contributed by atoms with Crippen molar-refractivity contribution in [2.75, 3.05) is 12.4 Å². The van der Waals surface area contributed by atoms with Crippen LogP contribution in [0.3, 0.4) is 0 Å². The number of aryl methyl sites for hydroxylation is 2. The van der Waals surface area contributed by atoms with Gasteiger partial charge in [-0.05, 0) is 75.3 Å². The topological polar surface area (TPSA) is 42.5 Å². The number of rotatable bonds is 3. The first kappa shape index (κ1) is 18.5. The summed E-state index contributed by atoms with van der Waals surface area (Å²) in [6.45, 7) is 8.38. The lowest BCUT2D eigenvalue weighted by Gasteiger charge is -2.38. The van der Waals surface area contributed by atoms with Gasteiger partial charge in [-0.1, -0.05) is 6.07 Å². The Morgan fingerprint density at radius 1 is 1.15 bits per heavy atom. The van der Waals surface area contributed by atoms with E-state index in [1.165, 1.54) is 11.1 Å². The van der Waals surface area contributed by atoms with E-state index >= 15 is 0 Å². The molecule has 0 saturated heterocycles. The number of nitrogens with one attached hydrogen (secondary N) is 2. The molecule has 2 aromatic rings. The zero-order valence-corrected chi connectivity index (χ0v) is 16.8. The molecule has 2 aromatic carbocycles. The van der Waals surface area contributed by atoms with Gasteiger partial charge in [-0.15, -0.1) is 0 Å². The van der Waals surface area contributed by atoms with E-state index in [1.807, 2.05) is 24.3 Å². The van der Waals surface area contributed by atoms with Crippen LogP contribution in [0.1, 0.15) is 43.0 Å².